The molecule has 1 atom stereocenters. The normalized spacial score (nSPS) is 15.6. The molecule has 2 N–H and O–H groups in total. The van der Waals surface area contributed by atoms with Gasteiger partial charge >= 0.3 is 0 Å². The summed E-state index contributed by atoms with van der Waals surface area (Å²) in [4.78, 5) is 11.8. The van der Waals surface area contributed by atoms with E-state index in [-0.39, 0.29) is 0 Å². The maximum absolute atomic E-state index is 12.4. The van der Waals surface area contributed by atoms with Crippen LogP contribution in [-0.2, 0) is 29.9 Å². The molecule has 0 bridgehead atoms. The van der Waals surface area contributed by atoms with Crippen molar-refractivity contribution in [3.05, 3.63) is 95.2 Å². The van der Waals surface area contributed by atoms with Crippen LogP contribution in [0, 0.1) is 0 Å². The van der Waals surface area contributed by atoms with Crippen molar-refractivity contribution < 1.29 is 14.6 Å². The maximum Gasteiger partial charge on any atom is 0.274 e. The van der Waals surface area contributed by atoms with Crippen molar-refractivity contribution in [2.24, 2.45) is 0 Å². The molecule has 0 radical (unpaired) electrons. The van der Waals surface area contributed by atoms with Gasteiger partial charge in [-0.3, -0.25) is 10.0 Å². The van der Waals surface area contributed by atoms with Crippen molar-refractivity contribution >= 4 is 28.0 Å². The van der Waals surface area contributed by atoms with E-state index in [0.717, 1.165) is 34.0 Å². The van der Waals surface area contributed by atoms with Gasteiger partial charge < -0.3 is 9.12 Å². The predicted octanol–water partition coefficient (Wildman–Crippen LogP) is 4.28. The Labute approximate surface area is 183 Å². The van der Waals surface area contributed by atoms with E-state index in [0.29, 0.717) is 23.6 Å². The van der Waals surface area contributed by atoms with Gasteiger partial charge in [0.25, 0.3) is 5.91 Å². The van der Waals surface area contributed by atoms with Crippen LogP contribution in [0.4, 0.5) is 0 Å². The van der Waals surface area contributed by atoms with E-state index in [2.05, 4.69) is 34.9 Å². The molecule has 1 aromatic heterocycles. The van der Waals surface area contributed by atoms with Crippen LogP contribution in [0.2, 0.25) is 0 Å². The lowest BCUT2D eigenvalue weighted by Crippen LogP contribution is -2.21. The number of hydroxylamine groups is 1. The Balaban J connectivity index is 1.62. The predicted molar refractivity (Wildman–Crippen MR) is 123 cm³/mol. The number of rotatable bonds is 4. The van der Waals surface area contributed by atoms with Gasteiger partial charge in [0.2, 0.25) is 0 Å². The lowest BCUT2D eigenvalue weighted by Gasteiger charge is -2.19. The van der Waals surface area contributed by atoms with Gasteiger partial charge in [0.05, 0.1) is 0 Å². The third kappa shape index (κ3) is 3.74. The molecule has 156 valence electrons. The third-order valence-corrected chi connectivity index (χ3v) is 7.17. The second kappa shape index (κ2) is 8.23. The number of nitrogens with one attached hydrogen (secondary N) is 1. The Kier molecular flexibility index (Phi) is 5.28. The fraction of sp³-hybridized carbons (Fsp3) is 0.160. The zero-order valence-corrected chi connectivity index (χ0v) is 17.7. The van der Waals surface area contributed by atoms with Crippen molar-refractivity contribution in [2.45, 2.75) is 18.7 Å². The first kappa shape index (κ1) is 19.9. The van der Waals surface area contributed by atoms with Gasteiger partial charge in [-0.15, -0.1) is 0 Å². The summed E-state index contributed by atoms with van der Waals surface area (Å²) in [5.41, 5.74) is 8.88. The number of aromatic nitrogens is 1. The molecule has 0 spiro atoms. The zero-order valence-electron chi connectivity index (χ0n) is 16.9. The summed E-state index contributed by atoms with van der Waals surface area (Å²) >= 11 is -0.847. The molecule has 0 saturated carbocycles. The summed E-state index contributed by atoms with van der Waals surface area (Å²) in [6, 6.07) is 24.0. The van der Waals surface area contributed by atoms with Gasteiger partial charge in [-0.25, -0.2) is 5.48 Å². The lowest BCUT2D eigenvalue weighted by molar-refractivity contribution is 0.0706. The average molecular weight is 431 g/mol. The average Bonchev–Trinajstić information content (AvgIpc) is 3.11. The van der Waals surface area contributed by atoms with E-state index in [1.165, 1.54) is 11.3 Å². The number of fused-ring (bicyclic) bond motifs is 3. The fourth-order valence-corrected chi connectivity index (χ4v) is 5.63. The van der Waals surface area contributed by atoms with Crippen molar-refractivity contribution in [1.29, 1.82) is 0 Å². The second-order valence-corrected chi connectivity index (χ2v) is 9.37. The Hall–Kier alpha value is -3.06. The molecular weight excluding hydrogens is 408 g/mol. The molecule has 4 aromatic rings. The fourth-order valence-electron chi connectivity index (χ4n) is 4.42. The maximum atomic E-state index is 12.4. The van der Waals surface area contributed by atoms with Crippen LogP contribution in [0.5, 0.6) is 0 Å². The molecule has 6 heteroatoms. The number of benzene rings is 3. The molecule has 1 unspecified atom stereocenters. The number of carbonyl (C=O) groups excluding carboxylic acids is 1. The van der Waals surface area contributed by atoms with E-state index >= 15 is 0 Å². The summed E-state index contributed by atoms with van der Waals surface area (Å²) < 4.78 is 14.7. The molecule has 5 rings (SSSR count). The summed E-state index contributed by atoms with van der Waals surface area (Å²) in [7, 11) is 0. The van der Waals surface area contributed by atoms with Crippen LogP contribution < -0.4 is 5.48 Å². The van der Waals surface area contributed by atoms with E-state index in [1.54, 1.807) is 17.6 Å². The molecule has 3 aromatic carbocycles. The molecule has 31 heavy (non-hydrogen) atoms. The van der Waals surface area contributed by atoms with Crippen molar-refractivity contribution in [3.8, 4) is 11.1 Å². The van der Waals surface area contributed by atoms with E-state index in [4.69, 9.17) is 5.21 Å². The second-order valence-electron chi connectivity index (χ2n) is 7.79. The molecule has 1 aliphatic rings. The molecule has 0 fully saturated rings. The van der Waals surface area contributed by atoms with Crippen LogP contribution in [0.3, 0.4) is 0 Å². The largest absolute Gasteiger partial charge is 0.616 e. The molecule has 1 aliphatic heterocycles. The molecule has 5 nitrogen and oxygen atoms in total. The van der Waals surface area contributed by atoms with Gasteiger partial charge in [0.1, 0.15) is 11.5 Å². The Morgan fingerprint density at radius 2 is 1.87 bits per heavy atom. The molecule has 2 heterocycles. The Morgan fingerprint density at radius 3 is 2.68 bits per heavy atom. The highest BCUT2D eigenvalue weighted by atomic mass is 32.2. The highest BCUT2D eigenvalue weighted by Gasteiger charge is 2.27. The van der Waals surface area contributed by atoms with Gasteiger partial charge in [-0.1, -0.05) is 48.5 Å². The SMILES string of the molecule is O=C(NO)c1cccc(Cn2c3c(c4cc(-c5ccccc5)ccc42)C[S+]([O-])CC3)c1. The van der Waals surface area contributed by atoms with Crippen LogP contribution >= 0.6 is 0 Å². The minimum atomic E-state index is -0.847. The highest BCUT2D eigenvalue weighted by Crippen LogP contribution is 2.35. The number of hydrogen-bond donors (Lipinski definition) is 2. The van der Waals surface area contributed by atoms with E-state index in [9.17, 15) is 9.35 Å². The first-order valence-corrected chi connectivity index (χ1v) is 11.7. The van der Waals surface area contributed by atoms with Crippen LogP contribution in [-0.4, -0.2) is 26.0 Å². The van der Waals surface area contributed by atoms with Crippen LogP contribution in [0.1, 0.15) is 27.2 Å². The number of hydrogen-bond acceptors (Lipinski definition) is 3. The van der Waals surface area contributed by atoms with E-state index < -0.39 is 17.1 Å². The van der Waals surface area contributed by atoms with Crippen LogP contribution in [0.15, 0.2) is 72.8 Å². The Bertz CT molecular complexity index is 1270. The third-order valence-electron chi connectivity index (χ3n) is 5.90. The first-order valence-electron chi connectivity index (χ1n) is 10.2. The summed E-state index contributed by atoms with van der Waals surface area (Å²) in [6.45, 7) is 0.607. The molecular formula is C25H22N2O3S. The summed E-state index contributed by atoms with van der Waals surface area (Å²) in [6.07, 6.45) is 0.772. The van der Waals surface area contributed by atoms with Crippen molar-refractivity contribution in [3.63, 3.8) is 0 Å². The summed E-state index contributed by atoms with van der Waals surface area (Å²) in [5.74, 6) is 0.718. The monoisotopic (exact) mass is 430 g/mol. The van der Waals surface area contributed by atoms with Gasteiger partial charge in [-0.05, 0) is 52.1 Å². The van der Waals surface area contributed by atoms with Crippen LogP contribution in [0.25, 0.3) is 22.0 Å². The topological polar surface area (TPSA) is 77.3 Å². The summed E-state index contributed by atoms with van der Waals surface area (Å²) in [5, 5.41) is 10.1. The van der Waals surface area contributed by atoms with E-state index in [1.807, 2.05) is 30.3 Å². The minimum absolute atomic E-state index is 0.415. The van der Waals surface area contributed by atoms with Crippen molar-refractivity contribution in [2.75, 3.05) is 5.75 Å². The quantitative estimate of drug-likeness (QED) is 0.288. The number of amides is 1. The molecule has 1 amide bonds. The lowest BCUT2D eigenvalue weighted by atomic mass is 10.0. The smallest absolute Gasteiger partial charge is 0.274 e. The van der Waals surface area contributed by atoms with Gasteiger partial charge in [0.15, 0.2) is 0 Å². The zero-order chi connectivity index (χ0) is 21.4. The Morgan fingerprint density at radius 1 is 1.03 bits per heavy atom. The minimum Gasteiger partial charge on any atom is -0.616 e. The highest BCUT2D eigenvalue weighted by molar-refractivity contribution is 7.90. The molecule has 0 saturated heterocycles. The number of carbonyl (C=O) groups is 1. The first-order chi connectivity index (χ1) is 15.1. The number of nitrogens with zero attached hydrogens (tertiary/aromatic N) is 1. The van der Waals surface area contributed by atoms with Gasteiger partial charge in [-0.2, -0.15) is 0 Å². The standard InChI is InChI=1S/C25H22N2O3S/c28-25(26-29)20-8-4-5-17(13-20)15-27-23-10-9-19(18-6-2-1-3-7-18)14-21(23)22-16-31(30)12-11-24(22)27/h1-10,13-14,29H,11-12,15-16H2,(H,26,28). The van der Waals surface area contributed by atoms with Crippen molar-refractivity contribution in [1.82, 2.24) is 10.0 Å². The van der Waals surface area contributed by atoms with Gasteiger partial charge in [0, 0.05) is 40.7 Å². The molecule has 0 aliphatic carbocycles.